The molecule has 1 rings (SSSR count). The van der Waals surface area contributed by atoms with E-state index in [2.05, 4.69) is 116 Å². The first-order valence-electron chi connectivity index (χ1n) is 32.4. The minimum Gasteiger partial charge on any atom is -0.394 e. The molecule has 1 amide bonds. The van der Waals surface area contributed by atoms with Crippen molar-refractivity contribution in [1.29, 1.82) is 0 Å². The summed E-state index contributed by atoms with van der Waals surface area (Å²) in [5.74, 6) is -0.154. The van der Waals surface area contributed by atoms with Crippen molar-refractivity contribution in [3.8, 4) is 0 Å². The molecule has 0 aromatic heterocycles. The molecule has 450 valence electrons. The number of rotatable bonds is 55. The standard InChI is InChI=1S/C69H121NO8/c1-3-5-7-9-11-13-15-17-19-21-23-25-27-28-29-30-31-32-33-34-35-36-37-39-41-43-45-47-49-51-53-55-57-59-65(73)70-62(61-77-69-68(76)67(75)66(74)64(60-71)78-69)63(72)58-56-54-52-50-48-46-44-42-40-38-26-24-22-20-18-16-14-12-10-8-6-4-2/h5,7,11,13,17,19,23,25,28-29,31-32,34-35,37,39,62-64,66-69,71-72,74-76H,3-4,6,8-10,12,14-16,18,20-22,24,26-27,30,33,36,38,40-61H2,1-2H3,(H,70,73)/b7-5-,13-11-,19-17-,25-23-,29-28-,32-31-,35-34-,39-37-. The van der Waals surface area contributed by atoms with Crippen molar-refractivity contribution in [3.05, 3.63) is 97.2 Å². The quantitative estimate of drug-likeness (QED) is 0.0261. The first-order valence-corrected chi connectivity index (χ1v) is 32.4. The van der Waals surface area contributed by atoms with Crippen molar-refractivity contribution in [2.75, 3.05) is 13.2 Å². The summed E-state index contributed by atoms with van der Waals surface area (Å²) < 4.78 is 11.3. The zero-order valence-electron chi connectivity index (χ0n) is 50.1. The van der Waals surface area contributed by atoms with Gasteiger partial charge in [-0.1, -0.05) is 291 Å². The number of aliphatic hydroxyl groups excluding tert-OH is 5. The highest BCUT2D eigenvalue weighted by atomic mass is 16.7. The van der Waals surface area contributed by atoms with Crippen molar-refractivity contribution >= 4 is 5.91 Å². The summed E-state index contributed by atoms with van der Waals surface area (Å²) in [4.78, 5) is 13.1. The zero-order chi connectivity index (χ0) is 56.5. The van der Waals surface area contributed by atoms with Crippen LogP contribution in [-0.4, -0.2) is 87.5 Å². The third kappa shape index (κ3) is 45.8. The Bertz CT molecular complexity index is 1550. The highest BCUT2D eigenvalue weighted by Crippen LogP contribution is 2.23. The van der Waals surface area contributed by atoms with Crippen LogP contribution in [0, 0.1) is 0 Å². The molecule has 7 atom stereocenters. The Hall–Kier alpha value is -2.89. The van der Waals surface area contributed by atoms with Gasteiger partial charge in [-0.25, -0.2) is 0 Å². The number of amides is 1. The molecule has 0 bridgehead atoms. The molecule has 1 fully saturated rings. The molecule has 0 radical (unpaired) electrons. The molecule has 9 nitrogen and oxygen atoms in total. The molecule has 0 aromatic rings. The number of allylic oxidation sites excluding steroid dienone is 16. The zero-order valence-corrected chi connectivity index (χ0v) is 50.1. The van der Waals surface area contributed by atoms with Crippen LogP contribution in [-0.2, 0) is 14.3 Å². The Balaban J connectivity index is 2.18. The smallest absolute Gasteiger partial charge is 0.220 e. The first kappa shape index (κ1) is 73.1. The SMILES string of the molecule is CC/C=C\C/C=C\C/C=C\C/C=C\C/C=C\C/C=C\C/C=C\C/C=C\CCCCCCCCCCC(=O)NC(COC1OC(CO)C(O)C(O)C1O)C(O)CCCCCCCCCCCCCCCCCCCCCCCC. The first-order chi connectivity index (χ1) is 38.3. The average molecular weight is 1090 g/mol. The van der Waals surface area contributed by atoms with Gasteiger partial charge < -0.3 is 40.3 Å². The Labute approximate surface area is 479 Å². The summed E-state index contributed by atoms with van der Waals surface area (Å²) >= 11 is 0. The fourth-order valence-corrected chi connectivity index (χ4v) is 9.88. The summed E-state index contributed by atoms with van der Waals surface area (Å²) in [6.07, 6.45) is 75.8. The Morgan fingerprint density at radius 1 is 0.449 bits per heavy atom. The van der Waals surface area contributed by atoms with E-state index in [-0.39, 0.29) is 12.5 Å². The summed E-state index contributed by atoms with van der Waals surface area (Å²) in [6.45, 7) is 3.74. The molecule has 1 aliphatic heterocycles. The van der Waals surface area contributed by atoms with Crippen LogP contribution in [0.1, 0.15) is 277 Å². The van der Waals surface area contributed by atoms with Gasteiger partial charge in [0.25, 0.3) is 0 Å². The third-order valence-corrected chi connectivity index (χ3v) is 15.0. The third-order valence-electron chi connectivity index (χ3n) is 15.0. The second-order valence-electron chi connectivity index (χ2n) is 22.2. The number of unbranched alkanes of at least 4 members (excludes halogenated alkanes) is 29. The van der Waals surface area contributed by atoms with Crippen molar-refractivity contribution in [2.45, 2.75) is 320 Å². The van der Waals surface area contributed by atoms with E-state index in [1.165, 1.54) is 148 Å². The van der Waals surface area contributed by atoms with Gasteiger partial charge in [-0.3, -0.25) is 4.79 Å². The molecule has 78 heavy (non-hydrogen) atoms. The summed E-state index contributed by atoms with van der Waals surface area (Å²) in [5, 5.41) is 54.8. The van der Waals surface area contributed by atoms with Gasteiger partial charge in [0.15, 0.2) is 6.29 Å². The molecule has 1 saturated heterocycles. The molecule has 0 aliphatic carbocycles. The molecular weight excluding hydrogens is 971 g/mol. The van der Waals surface area contributed by atoms with Crippen LogP contribution >= 0.6 is 0 Å². The minimum absolute atomic E-state index is 0.145. The van der Waals surface area contributed by atoms with Gasteiger partial charge in [-0.05, 0) is 77.0 Å². The highest BCUT2D eigenvalue weighted by molar-refractivity contribution is 5.76. The Kier molecular flexibility index (Phi) is 53.8. The van der Waals surface area contributed by atoms with Gasteiger partial charge in [-0.15, -0.1) is 0 Å². The lowest BCUT2D eigenvalue weighted by atomic mass is 9.99. The second kappa shape index (κ2) is 57.3. The van der Waals surface area contributed by atoms with Crippen molar-refractivity contribution in [3.63, 3.8) is 0 Å². The van der Waals surface area contributed by atoms with Crippen LogP contribution in [0.2, 0.25) is 0 Å². The summed E-state index contributed by atoms with van der Waals surface area (Å²) in [5.41, 5.74) is 0. The number of carbonyl (C=O) groups is 1. The lowest BCUT2D eigenvalue weighted by Crippen LogP contribution is -2.60. The molecule has 7 unspecified atom stereocenters. The van der Waals surface area contributed by atoms with Crippen LogP contribution in [0.5, 0.6) is 0 Å². The summed E-state index contributed by atoms with van der Waals surface area (Å²) in [6, 6.07) is -0.731. The number of carbonyl (C=O) groups excluding carboxylic acids is 1. The second-order valence-corrected chi connectivity index (χ2v) is 22.2. The van der Waals surface area contributed by atoms with Crippen LogP contribution in [0.15, 0.2) is 97.2 Å². The van der Waals surface area contributed by atoms with E-state index in [1.807, 2.05) is 0 Å². The van der Waals surface area contributed by atoms with Crippen LogP contribution in [0.4, 0.5) is 0 Å². The van der Waals surface area contributed by atoms with Crippen molar-refractivity contribution < 1.29 is 39.8 Å². The van der Waals surface area contributed by atoms with E-state index in [0.717, 1.165) is 103 Å². The number of nitrogens with one attached hydrogen (secondary N) is 1. The van der Waals surface area contributed by atoms with Crippen molar-refractivity contribution in [2.24, 2.45) is 0 Å². The topological polar surface area (TPSA) is 149 Å². The van der Waals surface area contributed by atoms with Crippen LogP contribution in [0.25, 0.3) is 0 Å². The Morgan fingerprint density at radius 2 is 0.795 bits per heavy atom. The van der Waals surface area contributed by atoms with Gasteiger partial charge in [0.05, 0.1) is 25.4 Å². The molecule has 0 saturated carbocycles. The van der Waals surface area contributed by atoms with E-state index >= 15 is 0 Å². The molecule has 1 heterocycles. The van der Waals surface area contributed by atoms with Crippen LogP contribution in [0.3, 0.4) is 0 Å². The Morgan fingerprint density at radius 3 is 1.18 bits per heavy atom. The molecule has 9 heteroatoms. The normalized spacial score (nSPS) is 19.3. The van der Waals surface area contributed by atoms with E-state index in [1.54, 1.807) is 0 Å². The van der Waals surface area contributed by atoms with Gasteiger partial charge in [-0.2, -0.15) is 0 Å². The maximum absolute atomic E-state index is 13.1. The van der Waals surface area contributed by atoms with E-state index in [9.17, 15) is 30.3 Å². The largest absolute Gasteiger partial charge is 0.394 e. The predicted octanol–water partition coefficient (Wildman–Crippen LogP) is 17.1. The molecule has 1 aliphatic rings. The fraction of sp³-hybridized carbons (Fsp3) is 0.754. The van der Waals surface area contributed by atoms with Crippen LogP contribution < -0.4 is 5.32 Å². The maximum Gasteiger partial charge on any atom is 0.220 e. The maximum atomic E-state index is 13.1. The molecule has 0 aromatic carbocycles. The molecule has 0 spiro atoms. The van der Waals surface area contributed by atoms with Gasteiger partial charge in [0.1, 0.15) is 24.4 Å². The number of hydrogen-bond acceptors (Lipinski definition) is 8. The van der Waals surface area contributed by atoms with Crippen molar-refractivity contribution in [1.82, 2.24) is 5.32 Å². The van der Waals surface area contributed by atoms with Gasteiger partial charge in [0.2, 0.25) is 5.91 Å². The van der Waals surface area contributed by atoms with E-state index in [4.69, 9.17) is 9.47 Å². The number of ether oxygens (including phenoxy) is 2. The summed E-state index contributed by atoms with van der Waals surface area (Å²) in [7, 11) is 0. The fourth-order valence-electron chi connectivity index (χ4n) is 9.88. The lowest BCUT2D eigenvalue weighted by molar-refractivity contribution is -0.302. The minimum atomic E-state index is -1.56. The van der Waals surface area contributed by atoms with E-state index in [0.29, 0.717) is 12.8 Å². The lowest BCUT2D eigenvalue weighted by Gasteiger charge is -2.40. The van der Waals surface area contributed by atoms with Gasteiger partial charge in [0, 0.05) is 6.42 Å². The average Bonchev–Trinajstić information content (AvgIpc) is 3.45. The number of hydrogen-bond donors (Lipinski definition) is 6. The van der Waals surface area contributed by atoms with Gasteiger partial charge >= 0.3 is 0 Å². The predicted molar refractivity (Wildman–Crippen MR) is 331 cm³/mol. The highest BCUT2D eigenvalue weighted by Gasteiger charge is 2.44. The number of aliphatic hydroxyl groups is 5. The monoisotopic (exact) mass is 1090 g/mol. The molecule has 6 N–H and O–H groups in total. The molecular formula is C69H121NO8. The van der Waals surface area contributed by atoms with E-state index < -0.39 is 49.5 Å².